The average Bonchev–Trinajstić information content (AvgIpc) is 2.46. The number of carbonyl (C=O) groups excluding carboxylic acids is 2. The number of morpholine rings is 1. The van der Waals surface area contributed by atoms with Crippen LogP contribution in [0.4, 0.5) is 0 Å². The quantitative estimate of drug-likeness (QED) is 0.750. The minimum atomic E-state index is -0.733. The maximum absolute atomic E-state index is 12.3. The SMILES string of the molecule is COC(=O)C1COCCN1C(=O)c1ccc(Cl)cn1. The normalized spacial score (nSPS) is 19.1. The summed E-state index contributed by atoms with van der Waals surface area (Å²) < 4.78 is 9.87. The van der Waals surface area contributed by atoms with Gasteiger partial charge in [0.15, 0.2) is 6.04 Å². The summed E-state index contributed by atoms with van der Waals surface area (Å²) in [6.45, 7) is 0.835. The molecule has 1 atom stereocenters. The molecule has 19 heavy (non-hydrogen) atoms. The molecule has 1 amide bonds. The van der Waals surface area contributed by atoms with Gasteiger partial charge >= 0.3 is 5.97 Å². The Bertz CT molecular complexity index is 477. The summed E-state index contributed by atoms with van der Waals surface area (Å²) in [7, 11) is 1.28. The number of pyridine rings is 1. The highest BCUT2D eigenvalue weighted by molar-refractivity contribution is 6.30. The largest absolute Gasteiger partial charge is 0.467 e. The molecule has 1 aliphatic rings. The lowest BCUT2D eigenvalue weighted by Gasteiger charge is -2.33. The third kappa shape index (κ3) is 3.02. The van der Waals surface area contributed by atoms with Gasteiger partial charge in [-0.25, -0.2) is 9.78 Å². The highest BCUT2D eigenvalue weighted by Crippen LogP contribution is 2.14. The van der Waals surface area contributed by atoms with Crippen LogP contribution in [-0.2, 0) is 14.3 Å². The van der Waals surface area contributed by atoms with Crippen molar-refractivity contribution in [1.29, 1.82) is 0 Å². The van der Waals surface area contributed by atoms with Gasteiger partial charge in [0.05, 0.1) is 25.3 Å². The maximum atomic E-state index is 12.3. The van der Waals surface area contributed by atoms with E-state index in [1.54, 1.807) is 6.07 Å². The second-order valence-corrected chi connectivity index (χ2v) is 4.41. The van der Waals surface area contributed by atoms with Crippen LogP contribution in [0.1, 0.15) is 10.5 Å². The average molecular weight is 285 g/mol. The molecule has 0 bridgehead atoms. The first kappa shape index (κ1) is 13.8. The third-order valence-corrected chi connectivity index (χ3v) is 3.03. The third-order valence-electron chi connectivity index (χ3n) is 2.81. The monoisotopic (exact) mass is 284 g/mol. The van der Waals surface area contributed by atoms with Crippen LogP contribution < -0.4 is 0 Å². The van der Waals surface area contributed by atoms with E-state index in [-0.39, 0.29) is 18.2 Å². The number of esters is 1. The van der Waals surface area contributed by atoms with Crippen LogP contribution in [0, 0.1) is 0 Å². The lowest BCUT2D eigenvalue weighted by atomic mass is 10.2. The number of ether oxygens (including phenoxy) is 2. The first-order valence-electron chi connectivity index (χ1n) is 5.71. The summed E-state index contributed by atoms with van der Waals surface area (Å²) in [6.07, 6.45) is 1.39. The van der Waals surface area contributed by atoms with Gasteiger partial charge in [0.25, 0.3) is 5.91 Å². The molecule has 0 aromatic carbocycles. The number of hydrogen-bond acceptors (Lipinski definition) is 5. The first-order chi connectivity index (χ1) is 9.13. The van der Waals surface area contributed by atoms with E-state index < -0.39 is 12.0 Å². The van der Waals surface area contributed by atoms with E-state index >= 15 is 0 Å². The zero-order chi connectivity index (χ0) is 13.8. The van der Waals surface area contributed by atoms with E-state index in [1.807, 2.05) is 0 Å². The van der Waals surface area contributed by atoms with Crippen molar-refractivity contribution in [1.82, 2.24) is 9.88 Å². The Morgan fingerprint density at radius 1 is 1.53 bits per heavy atom. The zero-order valence-electron chi connectivity index (χ0n) is 10.3. The molecule has 2 rings (SSSR count). The molecule has 0 N–H and O–H groups in total. The summed E-state index contributed by atoms with van der Waals surface area (Å²) in [5, 5.41) is 0.447. The van der Waals surface area contributed by atoms with Gasteiger partial charge in [-0.3, -0.25) is 4.79 Å². The van der Waals surface area contributed by atoms with Crippen molar-refractivity contribution in [2.24, 2.45) is 0 Å². The minimum Gasteiger partial charge on any atom is -0.467 e. The molecular weight excluding hydrogens is 272 g/mol. The fraction of sp³-hybridized carbons (Fsp3) is 0.417. The summed E-state index contributed by atoms with van der Waals surface area (Å²) in [6, 6.07) is 2.37. The number of aromatic nitrogens is 1. The number of halogens is 1. The van der Waals surface area contributed by atoms with Crippen LogP contribution in [0.25, 0.3) is 0 Å². The molecule has 2 heterocycles. The van der Waals surface area contributed by atoms with Gasteiger partial charge in [0, 0.05) is 12.7 Å². The number of amides is 1. The van der Waals surface area contributed by atoms with E-state index in [9.17, 15) is 9.59 Å². The van der Waals surface area contributed by atoms with E-state index in [2.05, 4.69) is 9.72 Å². The predicted molar refractivity (Wildman–Crippen MR) is 66.9 cm³/mol. The molecule has 0 spiro atoms. The van der Waals surface area contributed by atoms with Crippen LogP contribution >= 0.6 is 11.6 Å². The molecule has 0 saturated carbocycles. The van der Waals surface area contributed by atoms with E-state index in [0.717, 1.165) is 0 Å². The molecule has 0 aliphatic carbocycles. The first-order valence-corrected chi connectivity index (χ1v) is 6.09. The van der Waals surface area contributed by atoms with Gasteiger partial charge in [-0.1, -0.05) is 11.6 Å². The second kappa shape index (κ2) is 5.99. The molecule has 1 unspecified atom stereocenters. The molecule has 0 radical (unpaired) electrons. The summed E-state index contributed by atoms with van der Waals surface area (Å²) in [5.41, 5.74) is 0.236. The fourth-order valence-corrected chi connectivity index (χ4v) is 1.94. The standard InChI is InChI=1S/C12H13ClN2O4/c1-18-12(17)10-7-19-5-4-15(10)11(16)9-3-2-8(13)6-14-9/h2-3,6,10H,4-5,7H2,1H3. The molecule has 1 fully saturated rings. The molecule has 102 valence electrons. The second-order valence-electron chi connectivity index (χ2n) is 3.97. The van der Waals surface area contributed by atoms with Gasteiger partial charge < -0.3 is 14.4 Å². The van der Waals surface area contributed by atoms with Crippen molar-refractivity contribution < 1.29 is 19.1 Å². The van der Waals surface area contributed by atoms with Gasteiger partial charge in [-0.2, -0.15) is 0 Å². The van der Waals surface area contributed by atoms with Crippen molar-refractivity contribution in [3.05, 3.63) is 29.0 Å². The maximum Gasteiger partial charge on any atom is 0.331 e. The molecule has 1 saturated heterocycles. The Balaban J connectivity index is 2.20. The minimum absolute atomic E-state index is 0.131. The van der Waals surface area contributed by atoms with Gasteiger partial charge in [-0.15, -0.1) is 0 Å². The van der Waals surface area contributed by atoms with E-state index in [4.69, 9.17) is 16.3 Å². The van der Waals surface area contributed by atoms with Crippen molar-refractivity contribution >= 4 is 23.5 Å². The highest BCUT2D eigenvalue weighted by Gasteiger charge is 2.34. The van der Waals surface area contributed by atoms with Crippen molar-refractivity contribution in [2.45, 2.75) is 6.04 Å². The topological polar surface area (TPSA) is 68.7 Å². The van der Waals surface area contributed by atoms with Crippen molar-refractivity contribution in [3.8, 4) is 0 Å². The van der Waals surface area contributed by atoms with Crippen LogP contribution in [0.15, 0.2) is 18.3 Å². The fourth-order valence-electron chi connectivity index (χ4n) is 1.83. The van der Waals surface area contributed by atoms with Crippen molar-refractivity contribution in [3.63, 3.8) is 0 Å². The Morgan fingerprint density at radius 3 is 2.95 bits per heavy atom. The Kier molecular flexibility index (Phi) is 4.34. The number of hydrogen-bond donors (Lipinski definition) is 0. The number of carbonyl (C=O) groups is 2. The number of methoxy groups -OCH3 is 1. The molecule has 6 nitrogen and oxygen atoms in total. The van der Waals surface area contributed by atoms with E-state index in [1.165, 1.54) is 24.3 Å². The van der Waals surface area contributed by atoms with Crippen LogP contribution in [0.3, 0.4) is 0 Å². The van der Waals surface area contributed by atoms with Crippen LogP contribution in [0.5, 0.6) is 0 Å². The Hall–Kier alpha value is -1.66. The highest BCUT2D eigenvalue weighted by atomic mass is 35.5. The molecular formula is C12H13ClN2O4. The van der Waals surface area contributed by atoms with Crippen LogP contribution in [0.2, 0.25) is 5.02 Å². The number of nitrogens with zero attached hydrogens (tertiary/aromatic N) is 2. The smallest absolute Gasteiger partial charge is 0.331 e. The lowest BCUT2D eigenvalue weighted by molar-refractivity contribution is -0.151. The molecule has 7 heteroatoms. The predicted octanol–water partition coefficient (Wildman–Crippen LogP) is 0.749. The molecule has 1 aliphatic heterocycles. The molecule has 1 aromatic rings. The van der Waals surface area contributed by atoms with Gasteiger partial charge in [0.2, 0.25) is 0 Å². The lowest BCUT2D eigenvalue weighted by Crippen LogP contribution is -2.53. The van der Waals surface area contributed by atoms with Crippen molar-refractivity contribution in [2.75, 3.05) is 26.9 Å². The van der Waals surface area contributed by atoms with Gasteiger partial charge in [0.1, 0.15) is 5.69 Å². The summed E-state index contributed by atoms with van der Waals surface area (Å²) in [5.74, 6) is -0.836. The molecule has 1 aromatic heterocycles. The number of rotatable bonds is 2. The van der Waals surface area contributed by atoms with Crippen LogP contribution in [-0.4, -0.2) is 54.7 Å². The summed E-state index contributed by atoms with van der Waals surface area (Å²) >= 11 is 5.72. The zero-order valence-corrected chi connectivity index (χ0v) is 11.1. The summed E-state index contributed by atoms with van der Waals surface area (Å²) in [4.78, 5) is 29.3. The Morgan fingerprint density at radius 2 is 2.32 bits per heavy atom. The van der Waals surface area contributed by atoms with Gasteiger partial charge in [-0.05, 0) is 12.1 Å². The Labute approximate surface area is 115 Å². The van der Waals surface area contributed by atoms with E-state index in [0.29, 0.717) is 18.2 Å².